The Morgan fingerprint density at radius 2 is 1.44 bits per heavy atom. The number of anilines is 2. The predicted molar refractivity (Wildman–Crippen MR) is 73.1 cm³/mol. The van der Waals surface area contributed by atoms with Crippen LogP contribution in [0.3, 0.4) is 0 Å². The maximum atomic E-state index is 2.52. The quantitative estimate of drug-likeness (QED) is 0.748. The van der Waals surface area contributed by atoms with Crippen molar-refractivity contribution in [3.63, 3.8) is 0 Å². The smallest absolute Gasteiger partial charge is 0.178 e. The molecule has 0 spiro atoms. The zero-order valence-electron chi connectivity index (χ0n) is 10.5. The van der Waals surface area contributed by atoms with E-state index in [1.165, 1.54) is 11.4 Å². The Morgan fingerprint density at radius 1 is 1.00 bits per heavy atom. The highest BCUT2D eigenvalue weighted by molar-refractivity contribution is 7.59. The molecule has 0 bridgehead atoms. The van der Waals surface area contributed by atoms with Crippen molar-refractivity contribution >= 4 is 19.7 Å². The van der Waals surface area contributed by atoms with E-state index >= 15 is 0 Å². The third-order valence-electron chi connectivity index (χ3n) is 3.10. The van der Waals surface area contributed by atoms with Gasteiger partial charge < -0.3 is 9.34 Å². The SMILES string of the molecule is CCN(CC)P1N(C)c2ccccc2N1C. The summed E-state index contributed by atoms with van der Waals surface area (Å²) in [5.41, 5.74) is 2.70. The summed E-state index contributed by atoms with van der Waals surface area (Å²) in [5, 5.41) is 0. The van der Waals surface area contributed by atoms with Crippen LogP contribution in [0.2, 0.25) is 0 Å². The molecule has 0 saturated heterocycles. The highest BCUT2D eigenvalue weighted by atomic mass is 31.2. The van der Waals surface area contributed by atoms with Gasteiger partial charge in [-0.05, 0) is 12.1 Å². The first-order valence-electron chi connectivity index (χ1n) is 5.82. The molecule has 0 aromatic heterocycles. The van der Waals surface area contributed by atoms with E-state index in [4.69, 9.17) is 0 Å². The second-order valence-corrected chi connectivity index (χ2v) is 6.25. The van der Waals surface area contributed by atoms with E-state index in [-0.39, 0.29) is 8.37 Å². The molecule has 16 heavy (non-hydrogen) atoms. The Morgan fingerprint density at radius 3 is 1.81 bits per heavy atom. The molecule has 1 aliphatic rings. The van der Waals surface area contributed by atoms with E-state index in [1.807, 2.05) is 0 Å². The Bertz CT molecular complexity index is 336. The maximum Gasteiger partial charge on any atom is 0.178 e. The lowest BCUT2D eigenvalue weighted by molar-refractivity contribution is 0.504. The summed E-state index contributed by atoms with van der Waals surface area (Å²) in [7, 11) is 4.04. The molecule has 1 aliphatic heterocycles. The minimum atomic E-state index is -0.358. The minimum absolute atomic E-state index is 0.358. The fourth-order valence-corrected chi connectivity index (χ4v) is 4.65. The van der Waals surface area contributed by atoms with Crippen LogP contribution in [0.15, 0.2) is 24.3 Å². The zero-order chi connectivity index (χ0) is 11.7. The number of hydrogen-bond donors (Lipinski definition) is 0. The second-order valence-electron chi connectivity index (χ2n) is 3.94. The van der Waals surface area contributed by atoms with Crippen LogP contribution in [0.5, 0.6) is 0 Å². The van der Waals surface area contributed by atoms with Crippen LogP contribution < -0.4 is 9.34 Å². The van der Waals surface area contributed by atoms with Crippen LogP contribution in [-0.2, 0) is 0 Å². The number of rotatable bonds is 3. The summed E-state index contributed by atoms with van der Waals surface area (Å²) in [4.78, 5) is 0. The Hall–Kier alpha value is -0.790. The molecule has 2 rings (SSSR count). The van der Waals surface area contributed by atoms with E-state index in [0.29, 0.717) is 0 Å². The third kappa shape index (κ3) is 1.68. The lowest BCUT2D eigenvalue weighted by atomic mass is 10.3. The molecular formula is C12H20N3P. The van der Waals surface area contributed by atoms with Gasteiger partial charge in [0.2, 0.25) is 0 Å². The number of fused-ring (bicyclic) bond motifs is 1. The summed E-state index contributed by atoms with van der Waals surface area (Å²) in [5.74, 6) is 0. The average Bonchev–Trinajstić information content (AvgIpc) is 2.57. The van der Waals surface area contributed by atoms with Gasteiger partial charge in [0, 0.05) is 27.2 Å². The molecule has 3 nitrogen and oxygen atoms in total. The molecule has 1 aromatic carbocycles. The Balaban J connectivity index is 2.34. The average molecular weight is 237 g/mol. The molecule has 0 unspecified atom stereocenters. The normalized spacial score (nSPS) is 16.1. The van der Waals surface area contributed by atoms with E-state index in [0.717, 1.165) is 13.1 Å². The topological polar surface area (TPSA) is 9.72 Å². The minimum Gasteiger partial charge on any atom is -0.323 e. The number of benzene rings is 1. The summed E-state index contributed by atoms with van der Waals surface area (Å²) in [6.07, 6.45) is 0. The summed E-state index contributed by atoms with van der Waals surface area (Å²) < 4.78 is 7.35. The molecular weight excluding hydrogens is 217 g/mol. The van der Waals surface area contributed by atoms with Crippen molar-refractivity contribution < 1.29 is 0 Å². The molecule has 4 heteroatoms. The van der Waals surface area contributed by atoms with Crippen molar-refractivity contribution in [2.45, 2.75) is 13.8 Å². The van der Waals surface area contributed by atoms with E-state index in [2.05, 4.69) is 66.2 Å². The summed E-state index contributed by atoms with van der Waals surface area (Å²) >= 11 is 0. The molecule has 0 N–H and O–H groups in total. The van der Waals surface area contributed by atoms with E-state index in [9.17, 15) is 0 Å². The van der Waals surface area contributed by atoms with Crippen LogP contribution in [0.4, 0.5) is 11.4 Å². The van der Waals surface area contributed by atoms with Crippen LogP contribution in [-0.4, -0.2) is 31.9 Å². The van der Waals surface area contributed by atoms with Crippen molar-refractivity contribution in [1.29, 1.82) is 0 Å². The summed E-state index contributed by atoms with van der Waals surface area (Å²) in [6, 6.07) is 8.64. The lowest BCUT2D eigenvalue weighted by Gasteiger charge is -2.35. The van der Waals surface area contributed by atoms with Gasteiger partial charge in [0.15, 0.2) is 8.37 Å². The molecule has 0 amide bonds. The van der Waals surface area contributed by atoms with E-state index < -0.39 is 0 Å². The van der Waals surface area contributed by atoms with Crippen LogP contribution in [0.25, 0.3) is 0 Å². The van der Waals surface area contributed by atoms with Gasteiger partial charge in [0.25, 0.3) is 0 Å². The third-order valence-corrected chi connectivity index (χ3v) is 5.67. The lowest BCUT2D eigenvalue weighted by Crippen LogP contribution is -2.29. The highest BCUT2D eigenvalue weighted by Crippen LogP contribution is 2.58. The van der Waals surface area contributed by atoms with Gasteiger partial charge in [-0.3, -0.25) is 0 Å². The van der Waals surface area contributed by atoms with Crippen LogP contribution >= 0.6 is 8.37 Å². The fraction of sp³-hybridized carbons (Fsp3) is 0.500. The molecule has 0 saturated carbocycles. The Kier molecular flexibility index (Phi) is 3.36. The zero-order valence-corrected chi connectivity index (χ0v) is 11.4. The van der Waals surface area contributed by atoms with Crippen molar-refractivity contribution in [3.8, 4) is 0 Å². The molecule has 88 valence electrons. The maximum absolute atomic E-state index is 2.52. The second kappa shape index (κ2) is 4.60. The highest BCUT2D eigenvalue weighted by Gasteiger charge is 2.34. The molecule has 0 fully saturated rings. The molecule has 0 aliphatic carbocycles. The standard InChI is InChI=1S/C12H20N3P/c1-5-15(6-2)16-13(3)11-9-7-8-10-12(11)14(16)4/h7-10H,5-6H2,1-4H3. The van der Waals surface area contributed by atoms with Crippen molar-refractivity contribution in [1.82, 2.24) is 4.67 Å². The van der Waals surface area contributed by atoms with Gasteiger partial charge in [-0.2, -0.15) is 0 Å². The fourth-order valence-electron chi connectivity index (χ4n) is 2.26. The van der Waals surface area contributed by atoms with Gasteiger partial charge in [-0.15, -0.1) is 0 Å². The van der Waals surface area contributed by atoms with Gasteiger partial charge >= 0.3 is 0 Å². The molecule has 0 atom stereocenters. The largest absolute Gasteiger partial charge is 0.323 e. The first kappa shape index (κ1) is 11.7. The van der Waals surface area contributed by atoms with Gasteiger partial charge in [0.05, 0.1) is 11.4 Å². The number of hydrogen-bond acceptors (Lipinski definition) is 3. The number of para-hydroxylation sites is 2. The van der Waals surface area contributed by atoms with Crippen molar-refractivity contribution in [2.75, 3.05) is 36.5 Å². The first-order valence-corrected chi connectivity index (χ1v) is 7.02. The van der Waals surface area contributed by atoms with Gasteiger partial charge in [0.1, 0.15) is 0 Å². The van der Waals surface area contributed by atoms with Crippen molar-refractivity contribution in [2.24, 2.45) is 0 Å². The first-order chi connectivity index (χ1) is 7.70. The molecule has 0 radical (unpaired) electrons. The van der Waals surface area contributed by atoms with Crippen LogP contribution in [0.1, 0.15) is 13.8 Å². The predicted octanol–water partition coefficient (Wildman–Crippen LogP) is 3.14. The van der Waals surface area contributed by atoms with E-state index in [1.54, 1.807) is 0 Å². The monoisotopic (exact) mass is 237 g/mol. The Labute approximate surface area is 99.6 Å². The van der Waals surface area contributed by atoms with Gasteiger partial charge in [-0.25, -0.2) is 4.67 Å². The van der Waals surface area contributed by atoms with Gasteiger partial charge in [-0.1, -0.05) is 26.0 Å². The van der Waals surface area contributed by atoms with Crippen molar-refractivity contribution in [3.05, 3.63) is 24.3 Å². The summed E-state index contributed by atoms with van der Waals surface area (Å²) in [6.45, 7) is 6.67. The molecule has 1 aromatic rings. The molecule has 1 heterocycles. The van der Waals surface area contributed by atoms with Crippen LogP contribution in [0, 0.1) is 0 Å². The number of nitrogens with zero attached hydrogens (tertiary/aromatic N) is 3.